The molecule has 0 aliphatic carbocycles. The standard InChI is InChI=1S/C10H16N6S/c1-16(2)10-13-8(14-15-10)5-3-4-7-6-17-9(11)12-7/h6H,3-5H2,1-2H3,(H2,11,12)(H,13,14,15). The van der Waals surface area contributed by atoms with Crippen LogP contribution in [0.1, 0.15) is 17.9 Å². The molecule has 6 nitrogen and oxygen atoms in total. The molecule has 0 aromatic carbocycles. The van der Waals surface area contributed by atoms with Crippen LogP contribution in [0.2, 0.25) is 0 Å². The predicted molar refractivity (Wildman–Crippen MR) is 69.3 cm³/mol. The predicted octanol–water partition coefficient (Wildman–Crippen LogP) is 1.08. The lowest BCUT2D eigenvalue weighted by Gasteiger charge is -2.03. The van der Waals surface area contributed by atoms with Gasteiger partial charge in [-0.25, -0.2) is 4.98 Å². The van der Waals surface area contributed by atoms with E-state index in [2.05, 4.69) is 20.2 Å². The van der Waals surface area contributed by atoms with E-state index in [-0.39, 0.29) is 0 Å². The number of nitrogen functional groups attached to an aromatic ring is 1. The Morgan fingerprint density at radius 1 is 1.35 bits per heavy atom. The number of thiazole rings is 1. The number of aryl methyl sites for hydroxylation is 2. The van der Waals surface area contributed by atoms with Gasteiger partial charge >= 0.3 is 0 Å². The smallest absolute Gasteiger partial charge is 0.244 e. The van der Waals surface area contributed by atoms with Gasteiger partial charge in [0.2, 0.25) is 5.95 Å². The fraction of sp³-hybridized carbons (Fsp3) is 0.500. The van der Waals surface area contributed by atoms with Gasteiger partial charge in [0.05, 0.1) is 5.69 Å². The Balaban J connectivity index is 1.81. The second-order valence-electron chi connectivity index (χ2n) is 4.01. The molecular formula is C10H16N6S. The molecule has 0 unspecified atom stereocenters. The van der Waals surface area contributed by atoms with Crippen LogP contribution in [-0.4, -0.2) is 34.3 Å². The van der Waals surface area contributed by atoms with E-state index < -0.39 is 0 Å². The molecule has 0 saturated carbocycles. The van der Waals surface area contributed by atoms with Crippen molar-refractivity contribution in [3.05, 3.63) is 16.9 Å². The molecule has 2 heterocycles. The zero-order valence-corrected chi connectivity index (χ0v) is 10.8. The van der Waals surface area contributed by atoms with Gasteiger partial charge in [-0.05, 0) is 12.8 Å². The molecule has 0 atom stereocenters. The summed E-state index contributed by atoms with van der Waals surface area (Å²) in [7, 11) is 3.84. The number of nitrogens with two attached hydrogens (primary N) is 1. The number of anilines is 2. The Morgan fingerprint density at radius 3 is 2.76 bits per heavy atom. The minimum atomic E-state index is 0.634. The van der Waals surface area contributed by atoms with E-state index >= 15 is 0 Å². The Kier molecular flexibility index (Phi) is 3.58. The molecule has 17 heavy (non-hydrogen) atoms. The van der Waals surface area contributed by atoms with Gasteiger partial charge in [-0.3, -0.25) is 5.10 Å². The quantitative estimate of drug-likeness (QED) is 0.832. The lowest BCUT2D eigenvalue weighted by atomic mass is 10.2. The second-order valence-corrected chi connectivity index (χ2v) is 4.90. The van der Waals surface area contributed by atoms with E-state index in [4.69, 9.17) is 5.73 Å². The summed E-state index contributed by atoms with van der Waals surface area (Å²) in [6.45, 7) is 0. The normalized spacial score (nSPS) is 10.7. The average molecular weight is 252 g/mol. The third kappa shape index (κ3) is 3.16. The maximum atomic E-state index is 5.57. The first-order valence-corrected chi connectivity index (χ1v) is 6.31. The first kappa shape index (κ1) is 11.8. The van der Waals surface area contributed by atoms with E-state index in [0.29, 0.717) is 5.13 Å². The van der Waals surface area contributed by atoms with Crippen LogP contribution in [0, 0.1) is 0 Å². The summed E-state index contributed by atoms with van der Waals surface area (Å²) < 4.78 is 0. The van der Waals surface area contributed by atoms with E-state index in [9.17, 15) is 0 Å². The number of rotatable bonds is 5. The van der Waals surface area contributed by atoms with Crippen LogP contribution in [-0.2, 0) is 12.8 Å². The first-order valence-electron chi connectivity index (χ1n) is 5.43. The van der Waals surface area contributed by atoms with Crippen LogP contribution in [0.4, 0.5) is 11.1 Å². The molecule has 0 aliphatic heterocycles. The number of aromatic nitrogens is 4. The van der Waals surface area contributed by atoms with Crippen LogP contribution < -0.4 is 10.6 Å². The van der Waals surface area contributed by atoms with E-state index in [1.165, 1.54) is 11.3 Å². The third-order valence-corrected chi connectivity index (χ3v) is 3.06. The van der Waals surface area contributed by atoms with Crippen molar-refractivity contribution in [3.8, 4) is 0 Å². The van der Waals surface area contributed by atoms with Crippen LogP contribution in [0.15, 0.2) is 5.38 Å². The topological polar surface area (TPSA) is 83.7 Å². The summed E-state index contributed by atoms with van der Waals surface area (Å²) in [5, 5.41) is 9.67. The molecule has 2 aromatic rings. The zero-order chi connectivity index (χ0) is 12.3. The molecule has 7 heteroatoms. The number of nitrogens with zero attached hydrogens (tertiary/aromatic N) is 4. The summed E-state index contributed by atoms with van der Waals surface area (Å²) >= 11 is 1.48. The molecule has 0 saturated heterocycles. The summed E-state index contributed by atoms with van der Waals surface area (Å²) in [5.74, 6) is 1.63. The van der Waals surface area contributed by atoms with Crippen molar-refractivity contribution in [1.82, 2.24) is 20.2 Å². The molecular weight excluding hydrogens is 236 g/mol. The number of H-pyrrole nitrogens is 1. The van der Waals surface area contributed by atoms with Crippen molar-refractivity contribution in [2.45, 2.75) is 19.3 Å². The third-order valence-electron chi connectivity index (χ3n) is 2.34. The fourth-order valence-electron chi connectivity index (χ4n) is 1.47. The average Bonchev–Trinajstić information content (AvgIpc) is 2.88. The zero-order valence-electron chi connectivity index (χ0n) is 9.97. The molecule has 2 rings (SSSR count). The number of nitrogens with one attached hydrogen (secondary N) is 1. The molecule has 0 spiro atoms. The highest BCUT2D eigenvalue weighted by Crippen LogP contribution is 2.13. The second kappa shape index (κ2) is 5.13. The van der Waals surface area contributed by atoms with Crippen molar-refractivity contribution < 1.29 is 0 Å². The lowest BCUT2D eigenvalue weighted by Crippen LogP contribution is -2.10. The SMILES string of the molecule is CN(C)c1n[nH]c(CCCc2csc(N)n2)n1. The maximum absolute atomic E-state index is 5.57. The van der Waals surface area contributed by atoms with Crippen LogP contribution >= 0.6 is 11.3 Å². The lowest BCUT2D eigenvalue weighted by molar-refractivity contribution is 0.764. The monoisotopic (exact) mass is 252 g/mol. The van der Waals surface area contributed by atoms with Gasteiger partial charge in [0.1, 0.15) is 5.82 Å². The molecule has 3 N–H and O–H groups in total. The van der Waals surface area contributed by atoms with Crippen molar-refractivity contribution in [1.29, 1.82) is 0 Å². The molecule has 0 fully saturated rings. The molecule has 0 bridgehead atoms. The molecule has 0 amide bonds. The summed E-state index contributed by atoms with van der Waals surface area (Å²) in [6, 6.07) is 0. The van der Waals surface area contributed by atoms with Crippen molar-refractivity contribution in [2.24, 2.45) is 0 Å². The van der Waals surface area contributed by atoms with Crippen molar-refractivity contribution in [3.63, 3.8) is 0 Å². The van der Waals surface area contributed by atoms with Gasteiger partial charge in [-0.2, -0.15) is 4.98 Å². The van der Waals surface area contributed by atoms with Gasteiger partial charge < -0.3 is 10.6 Å². The number of hydrogen-bond donors (Lipinski definition) is 2. The number of hydrogen-bond acceptors (Lipinski definition) is 6. The van der Waals surface area contributed by atoms with E-state index in [0.717, 1.165) is 36.7 Å². The van der Waals surface area contributed by atoms with Gasteiger partial charge in [-0.1, -0.05) is 0 Å². The van der Waals surface area contributed by atoms with Crippen molar-refractivity contribution in [2.75, 3.05) is 24.7 Å². The Bertz CT molecular complexity index is 475. The van der Waals surface area contributed by atoms with Crippen LogP contribution in [0.25, 0.3) is 0 Å². The molecule has 0 aliphatic rings. The summed E-state index contributed by atoms with van der Waals surface area (Å²) in [6.07, 6.45) is 2.79. The van der Waals surface area contributed by atoms with Gasteiger partial charge in [-0.15, -0.1) is 16.4 Å². The minimum absolute atomic E-state index is 0.634. The van der Waals surface area contributed by atoms with Gasteiger partial charge in [0.25, 0.3) is 0 Å². The highest BCUT2D eigenvalue weighted by atomic mass is 32.1. The van der Waals surface area contributed by atoms with Gasteiger partial charge in [0.15, 0.2) is 5.13 Å². The molecule has 0 radical (unpaired) electrons. The Labute approximate surface area is 104 Å². The highest BCUT2D eigenvalue weighted by molar-refractivity contribution is 7.13. The summed E-state index contributed by atoms with van der Waals surface area (Å²) in [4.78, 5) is 10.5. The van der Waals surface area contributed by atoms with Crippen LogP contribution in [0.3, 0.4) is 0 Å². The maximum Gasteiger partial charge on any atom is 0.244 e. The molecule has 2 aromatic heterocycles. The largest absolute Gasteiger partial charge is 0.375 e. The van der Waals surface area contributed by atoms with Crippen molar-refractivity contribution >= 4 is 22.4 Å². The van der Waals surface area contributed by atoms with Crippen LogP contribution in [0.5, 0.6) is 0 Å². The first-order chi connectivity index (χ1) is 8.15. The van der Waals surface area contributed by atoms with E-state index in [1.807, 2.05) is 24.4 Å². The summed E-state index contributed by atoms with van der Waals surface area (Å²) in [5.41, 5.74) is 6.63. The van der Waals surface area contributed by atoms with E-state index in [1.54, 1.807) is 0 Å². The highest BCUT2D eigenvalue weighted by Gasteiger charge is 2.05. The molecule has 92 valence electrons. The number of aromatic amines is 1. The minimum Gasteiger partial charge on any atom is -0.375 e. The Hall–Kier alpha value is -1.63. The Morgan fingerprint density at radius 2 is 2.18 bits per heavy atom. The van der Waals surface area contributed by atoms with Gasteiger partial charge in [0, 0.05) is 25.9 Å². The fourth-order valence-corrected chi connectivity index (χ4v) is 2.07.